The van der Waals surface area contributed by atoms with Crippen molar-refractivity contribution in [3.8, 4) is 0 Å². The largest absolute Gasteiger partial charge is 0.379 e. The third-order valence-corrected chi connectivity index (χ3v) is 1.94. The number of aromatic amines is 1. The van der Waals surface area contributed by atoms with Gasteiger partial charge in [-0.25, -0.2) is 0 Å². The maximum absolute atomic E-state index is 11.3. The van der Waals surface area contributed by atoms with Crippen molar-refractivity contribution in [3.05, 3.63) is 34.2 Å². The van der Waals surface area contributed by atoms with Crippen LogP contribution in [-0.4, -0.2) is 17.7 Å². The van der Waals surface area contributed by atoms with Gasteiger partial charge in [0.2, 0.25) is 0 Å². The van der Waals surface area contributed by atoms with Gasteiger partial charge in [0.1, 0.15) is 0 Å². The molecule has 1 heterocycles. The summed E-state index contributed by atoms with van der Waals surface area (Å²) in [5.74, 6) is 0. The predicted molar refractivity (Wildman–Crippen MR) is 56.5 cm³/mol. The number of ether oxygens (including phenoxy) is 1. The van der Waals surface area contributed by atoms with Gasteiger partial charge in [-0.2, -0.15) is 0 Å². The minimum atomic E-state index is 0.0112. The number of hydrogen-bond acceptors (Lipinski definition) is 2. The summed E-state index contributed by atoms with van der Waals surface area (Å²) in [6.45, 7) is 4.73. The van der Waals surface area contributed by atoms with E-state index in [1.54, 1.807) is 6.20 Å². The fourth-order valence-corrected chi connectivity index (χ4v) is 1.23. The standard InChI is InChI=1S/C11H17NO2/c1-9(2)14-8-4-6-10-5-3-7-12-11(10)13/h3,5,7,9H,4,6,8H2,1-2H3,(H,12,13). The molecule has 0 aliphatic carbocycles. The van der Waals surface area contributed by atoms with Gasteiger partial charge in [-0.3, -0.25) is 4.79 Å². The summed E-state index contributed by atoms with van der Waals surface area (Å²) in [7, 11) is 0. The Bertz CT molecular complexity index is 317. The first-order valence-electron chi connectivity index (χ1n) is 4.98. The van der Waals surface area contributed by atoms with Crippen LogP contribution < -0.4 is 5.56 Å². The number of rotatable bonds is 5. The first kappa shape index (κ1) is 11.0. The molecule has 1 rings (SSSR count). The Morgan fingerprint density at radius 1 is 1.50 bits per heavy atom. The molecule has 0 bridgehead atoms. The van der Waals surface area contributed by atoms with E-state index in [0.29, 0.717) is 6.61 Å². The van der Waals surface area contributed by atoms with Crippen LogP contribution >= 0.6 is 0 Å². The highest BCUT2D eigenvalue weighted by Crippen LogP contribution is 1.97. The maximum atomic E-state index is 11.3. The summed E-state index contributed by atoms with van der Waals surface area (Å²) >= 11 is 0. The van der Waals surface area contributed by atoms with E-state index in [2.05, 4.69) is 4.98 Å². The van der Waals surface area contributed by atoms with Gasteiger partial charge in [-0.1, -0.05) is 6.07 Å². The molecule has 0 amide bonds. The van der Waals surface area contributed by atoms with Crippen molar-refractivity contribution < 1.29 is 4.74 Å². The van der Waals surface area contributed by atoms with Gasteiger partial charge in [0.15, 0.2) is 0 Å². The lowest BCUT2D eigenvalue weighted by Crippen LogP contribution is -2.12. The smallest absolute Gasteiger partial charge is 0.251 e. The minimum absolute atomic E-state index is 0.0112. The zero-order valence-corrected chi connectivity index (χ0v) is 8.75. The second kappa shape index (κ2) is 5.60. The third kappa shape index (κ3) is 3.75. The van der Waals surface area contributed by atoms with E-state index < -0.39 is 0 Å². The van der Waals surface area contributed by atoms with Gasteiger partial charge < -0.3 is 9.72 Å². The third-order valence-electron chi connectivity index (χ3n) is 1.94. The van der Waals surface area contributed by atoms with Crippen molar-refractivity contribution in [1.82, 2.24) is 4.98 Å². The lowest BCUT2D eigenvalue weighted by molar-refractivity contribution is 0.0771. The Morgan fingerprint density at radius 3 is 2.93 bits per heavy atom. The molecular formula is C11H17NO2. The molecule has 3 heteroatoms. The van der Waals surface area contributed by atoms with Gasteiger partial charge in [0, 0.05) is 18.4 Å². The summed E-state index contributed by atoms with van der Waals surface area (Å²) in [4.78, 5) is 13.9. The highest BCUT2D eigenvalue weighted by atomic mass is 16.5. The fourth-order valence-electron chi connectivity index (χ4n) is 1.23. The van der Waals surface area contributed by atoms with Crippen LogP contribution in [-0.2, 0) is 11.2 Å². The molecule has 14 heavy (non-hydrogen) atoms. The van der Waals surface area contributed by atoms with Crippen LogP contribution in [0, 0.1) is 0 Å². The van der Waals surface area contributed by atoms with Crippen molar-refractivity contribution >= 4 is 0 Å². The number of pyridine rings is 1. The lowest BCUT2D eigenvalue weighted by Gasteiger charge is -2.06. The average molecular weight is 195 g/mol. The van der Waals surface area contributed by atoms with Crippen LogP contribution in [0.4, 0.5) is 0 Å². The Kier molecular flexibility index (Phi) is 4.40. The summed E-state index contributed by atoms with van der Waals surface area (Å²) in [5, 5.41) is 0. The van der Waals surface area contributed by atoms with Gasteiger partial charge in [0.25, 0.3) is 5.56 Å². The molecule has 0 aliphatic heterocycles. The molecule has 0 atom stereocenters. The van der Waals surface area contributed by atoms with Crippen LogP contribution in [0.1, 0.15) is 25.8 Å². The first-order valence-corrected chi connectivity index (χ1v) is 4.98. The SMILES string of the molecule is CC(C)OCCCc1ccc[nH]c1=O. The molecular weight excluding hydrogens is 178 g/mol. The fraction of sp³-hybridized carbons (Fsp3) is 0.545. The molecule has 0 fully saturated rings. The van der Waals surface area contributed by atoms with E-state index in [1.807, 2.05) is 26.0 Å². The quantitative estimate of drug-likeness (QED) is 0.727. The molecule has 0 spiro atoms. The Morgan fingerprint density at radius 2 is 2.29 bits per heavy atom. The first-order chi connectivity index (χ1) is 6.70. The van der Waals surface area contributed by atoms with Gasteiger partial charge in [0.05, 0.1) is 6.10 Å². The minimum Gasteiger partial charge on any atom is -0.379 e. The number of hydrogen-bond donors (Lipinski definition) is 1. The lowest BCUT2D eigenvalue weighted by atomic mass is 10.1. The maximum Gasteiger partial charge on any atom is 0.251 e. The molecule has 1 aromatic heterocycles. The number of nitrogens with one attached hydrogen (secondary N) is 1. The molecule has 0 aliphatic rings. The van der Waals surface area contributed by atoms with Gasteiger partial charge >= 0.3 is 0 Å². The molecule has 3 nitrogen and oxygen atoms in total. The molecule has 0 radical (unpaired) electrons. The van der Waals surface area contributed by atoms with Crippen LogP contribution in [0.5, 0.6) is 0 Å². The van der Waals surface area contributed by atoms with E-state index >= 15 is 0 Å². The Hall–Kier alpha value is -1.09. The molecule has 0 saturated heterocycles. The van der Waals surface area contributed by atoms with Gasteiger partial charge in [-0.15, -0.1) is 0 Å². The van der Waals surface area contributed by atoms with Crippen molar-refractivity contribution in [1.29, 1.82) is 0 Å². The number of aryl methyl sites for hydroxylation is 1. The molecule has 1 aromatic rings. The highest BCUT2D eigenvalue weighted by molar-refractivity contribution is 5.08. The second-order valence-corrected chi connectivity index (χ2v) is 3.55. The van der Waals surface area contributed by atoms with Crippen molar-refractivity contribution in [3.63, 3.8) is 0 Å². The van der Waals surface area contributed by atoms with Crippen LogP contribution in [0.2, 0.25) is 0 Å². The van der Waals surface area contributed by atoms with Crippen molar-refractivity contribution in [2.75, 3.05) is 6.61 Å². The summed E-state index contributed by atoms with van der Waals surface area (Å²) in [6.07, 6.45) is 3.59. The zero-order valence-electron chi connectivity index (χ0n) is 8.75. The monoisotopic (exact) mass is 195 g/mol. The summed E-state index contributed by atoms with van der Waals surface area (Å²) < 4.78 is 5.39. The molecule has 1 N–H and O–H groups in total. The molecule has 0 unspecified atom stereocenters. The van der Waals surface area contributed by atoms with E-state index in [4.69, 9.17) is 4.74 Å². The van der Waals surface area contributed by atoms with Crippen molar-refractivity contribution in [2.24, 2.45) is 0 Å². The Labute approximate surface area is 84.1 Å². The van der Waals surface area contributed by atoms with Gasteiger partial charge in [-0.05, 0) is 32.8 Å². The van der Waals surface area contributed by atoms with Crippen LogP contribution in [0.3, 0.4) is 0 Å². The van der Waals surface area contributed by atoms with E-state index in [9.17, 15) is 4.79 Å². The summed E-state index contributed by atoms with van der Waals surface area (Å²) in [6, 6.07) is 3.70. The number of H-pyrrole nitrogens is 1. The summed E-state index contributed by atoms with van der Waals surface area (Å²) in [5.41, 5.74) is 0.844. The molecule has 0 aromatic carbocycles. The van der Waals surface area contributed by atoms with E-state index in [0.717, 1.165) is 18.4 Å². The zero-order chi connectivity index (χ0) is 10.4. The second-order valence-electron chi connectivity index (χ2n) is 3.55. The van der Waals surface area contributed by atoms with E-state index in [-0.39, 0.29) is 11.7 Å². The highest BCUT2D eigenvalue weighted by Gasteiger charge is 1.98. The average Bonchev–Trinajstić information content (AvgIpc) is 2.15. The van der Waals surface area contributed by atoms with Crippen LogP contribution in [0.25, 0.3) is 0 Å². The van der Waals surface area contributed by atoms with E-state index in [1.165, 1.54) is 0 Å². The van der Waals surface area contributed by atoms with Crippen molar-refractivity contribution in [2.45, 2.75) is 32.8 Å². The Balaban J connectivity index is 2.32. The number of aromatic nitrogens is 1. The molecule has 78 valence electrons. The predicted octanol–water partition coefficient (Wildman–Crippen LogP) is 1.73. The topological polar surface area (TPSA) is 42.1 Å². The normalized spacial score (nSPS) is 10.8. The van der Waals surface area contributed by atoms with Crippen LogP contribution in [0.15, 0.2) is 23.1 Å². The molecule has 0 saturated carbocycles.